The lowest BCUT2D eigenvalue weighted by Crippen LogP contribution is -2.31. The van der Waals surface area contributed by atoms with Gasteiger partial charge in [-0.25, -0.2) is 0 Å². The van der Waals surface area contributed by atoms with Gasteiger partial charge in [-0.2, -0.15) is 5.10 Å². The van der Waals surface area contributed by atoms with Crippen LogP contribution in [0.3, 0.4) is 0 Å². The fourth-order valence-electron chi connectivity index (χ4n) is 2.14. The summed E-state index contributed by atoms with van der Waals surface area (Å²) in [6.07, 6.45) is 0.0582. The average Bonchev–Trinajstić information content (AvgIpc) is 3.06. The predicted molar refractivity (Wildman–Crippen MR) is 74.1 cm³/mol. The van der Waals surface area contributed by atoms with Crippen molar-refractivity contribution in [2.75, 3.05) is 5.32 Å². The van der Waals surface area contributed by atoms with Crippen molar-refractivity contribution < 1.29 is 14.3 Å². The van der Waals surface area contributed by atoms with E-state index >= 15 is 0 Å². The zero-order valence-corrected chi connectivity index (χ0v) is 12.6. The minimum atomic E-state index is -0.797. The summed E-state index contributed by atoms with van der Waals surface area (Å²) in [6, 6.07) is 0. The third kappa shape index (κ3) is 2.84. The lowest BCUT2D eigenvalue weighted by Gasteiger charge is -2.13. The van der Waals surface area contributed by atoms with Crippen LogP contribution in [-0.4, -0.2) is 27.8 Å². The second-order valence-electron chi connectivity index (χ2n) is 5.56. The summed E-state index contributed by atoms with van der Waals surface area (Å²) in [5, 5.41) is 7.00. The maximum absolute atomic E-state index is 12.1. The highest BCUT2D eigenvalue weighted by atomic mass is 16.5. The van der Waals surface area contributed by atoms with Gasteiger partial charge in [-0.1, -0.05) is 6.92 Å². The summed E-state index contributed by atoms with van der Waals surface area (Å²) in [6.45, 7) is 7.28. The molecule has 1 aliphatic carbocycles. The quantitative estimate of drug-likeness (QED) is 0.849. The van der Waals surface area contributed by atoms with Crippen LogP contribution in [0.4, 0.5) is 5.69 Å². The standard InChI is InChI=1S/C14H21N3O3/c1-7-6-11(7)14(19)20-10(4)13(18)15-12-8(2)16-17(5)9(12)3/h7,10-11H,6H2,1-5H3,(H,15,18)/t7-,10-,11+/m0/s1. The smallest absolute Gasteiger partial charge is 0.309 e. The van der Waals surface area contributed by atoms with E-state index in [1.54, 1.807) is 11.6 Å². The van der Waals surface area contributed by atoms with Gasteiger partial charge >= 0.3 is 5.97 Å². The zero-order valence-electron chi connectivity index (χ0n) is 12.6. The van der Waals surface area contributed by atoms with Gasteiger partial charge in [-0.05, 0) is 33.1 Å². The van der Waals surface area contributed by atoms with E-state index in [2.05, 4.69) is 10.4 Å². The second kappa shape index (κ2) is 5.26. The lowest BCUT2D eigenvalue weighted by atomic mass is 10.3. The molecule has 1 aromatic rings. The second-order valence-corrected chi connectivity index (χ2v) is 5.56. The van der Waals surface area contributed by atoms with Gasteiger partial charge < -0.3 is 10.1 Å². The molecule has 2 rings (SSSR count). The van der Waals surface area contributed by atoms with Gasteiger partial charge in [0.15, 0.2) is 6.10 Å². The van der Waals surface area contributed by atoms with E-state index in [0.717, 1.165) is 17.8 Å². The molecule has 1 aromatic heterocycles. The van der Waals surface area contributed by atoms with Crippen molar-refractivity contribution in [2.24, 2.45) is 18.9 Å². The van der Waals surface area contributed by atoms with Crippen LogP contribution in [0.15, 0.2) is 0 Å². The SMILES string of the molecule is Cc1nn(C)c(C)c1NC(=O)[C@H](C)OC(=O)[C@@H]1C[C@@H]1C. The van der Waals surface area contributed by atoms with Crippen LogP contribution >= 0.6 is 0 Å². The van der Waals surface area contributed by atoms with Crippen molar-refractivity contribution >= 4 is 17.6 Å². The Labute approximate surface area is 118 Å². The first-order chi connectivity index (χ1) is 9.31. The van der Waals surface area contributed by atoms with Crippen LogP contribution in [0.2, 0.25) is 0 Å². The molecular formula is C14H21N3O3. The Hall–Kier alpha value is -1.85. The highest BCUT2D eigenvalue weighted by Gasteiger charge is 2.41. The molecule has 1 N–H and O–H groups in total. The average molecular weight is 279 g/mol. The highest BCUT2D eigenvalue weighted by molar-refractivity contribution is 5.96. The molecule has 6 heteroatoms. The fraction of sp³-hybridized carbons (Fsp3) is 0.643. The van der Waals surface area contributed by atoms with Crippen molar-refractivity contribution in [2.45, 2.75) is 40.2 Å². The monoisotopic (exact) mass is 279 g/mol. The number of nitrogens with one attached hydrogen (secondary N) is 1. The number of nitrogens with zero attached hydrogens (tertiary/aromatic N) is 2. The van der Waals surface area contributed by atoms with Crippen molar-refractivity contribution in [3.05, 3.63) is 11.4 Å². The number of amides is 1. The Balaban J connectivity index is 1.95. The van der Waals surface area contributed by atoms with Crippen LogP contribution in [0.1, 0.15) is 31.7 Å². The van der Waals surface area contributed by atoms with Gasteiger partial charge in [0.05, 0.1) is 23.0 Å². The molecule has 1 saturated carbocycles. The van der Waals surface area contributed by atoms with E-state index in [9.17, 15) is 9.59 Å². The molecule has 1 amide bonds. The first-order valence-corrected chi connectivity index (χ1v) is 6.82. The van der Waals surface area contributed by atoms with Crippen LogP contribution < -0.4 is 5.32 Å². The zero-order chi connectivity index (χ0) is 15.0. The van der Waals surface area contributed by atoms with Gasteiger partial charge in [0.2, 0.25) is 0 Å². The third-order valence-corrected chi connectivity index (χ3v) is 3.83. The fourth-order valence-corrected chi connectivity index (χ4v) is 2.14. The van der Waals surface area contributed by atoms with Crippen molar-refractivity contribution in [3.63, 3.8) is 0 Å². The van der Waals surface area contributed by atoms with Crippen LogP contribution in [-0.2, 0) is 21.4 Å². The van der Waals surface area contributed by atoms with E-state index in [-0.39, 0.29) is 17.8 Å². The summed E-state index contributed by atoms with van der Waals surface area (Å²) in [7, 11) is 1.82. The molecule has 0 aliphatic heterocycles. The molecule has 1 heterocycles. The molecule has 0 saturated heterocycles. The topological polar surface area (TPSA) is 73.2 Å². The van der Waals surface area contributed by atoms with Crippen LogP contribution in [0, 0.1) is 25.7 Å². The molecule has 0 spiro atoms. The number of carbonyl (C=O) groups excluding carboxylic acids is 2. The first-order valence-electron chi connectivity index (χ1n) is 6.82. The number of anilines is 1. The van der Waals surface area contributed by atoms with Crippen molar-refractivity contribution in [1.82, 2.24) is 9.78 Å². The first kappa shape index (κ1) is 14.6. The molecule has 0 radical (unpaired) electrons. The molecule has 0 bridgehead atoms. The summed E-state index contributed by atoms with van der Waals surface area (Å²) < 4.78 is 6.89. The van der Waals surface area contributed by atoms with E-state index < -0.39 is 6.10 Å². The van der Waals surface area contributed by atoms with Gasteiger partial charge in [-0.3, -0.25) is 14.3 Å². The van der Waals surface area contributed by atoms with Crippen LogP contribution in [0.25, 0.3) is 0 Å². The number of aryl methyl sites for hydroxylation is 2. The van der Waals surface area contributed by atoms with E-state index in [1.165, 1.54) is 0 Å². The highest BCUT2D eigenvalue weighted by Crippen LogP contribution is 2.38. The minimum Gasteiger partial charge on any atom is -0.452 e. The minimum absolute atomic E-state index is 0.0351. The van der Waals surface area contributed by atoms with Gasteiger partial charge in [0, 0.05) is 7.05 Å². The van der Waals surface area contributed by atoms with E-state index in [1.807, 2.05) is 27.8 Å². The Bertz CT molecular complexity index is 550. The number of aromatic nitrogens is 2. The van der Waals surface area contributed by atoms with Gasteiger partial charge in [-0.15, -0.1) is 0 Å². The molecule has 3 atom stereocenters. The summed E-state index contributed by atoms with van der Waals surface area (Å²) >= 11 is 0. The Morgan fingerprint density at radius 3 is 2.50 bits per heavy atom. The molecule has 1 fully saturated rings. The molecule has 0 aromatic carbocycles. The molecule has 20 heavy (non-hydrogen) atoms. The maximum Gasteiger partial charge on any atom is 0.309 e. The summed E-state index contributed by atoms with van der Waals surface area (Å²) in [5.74, 6) is -0.265. The predicted octanol–water partition coefficient (Wildman–Crippen LogP) is 1.56. The van der Waals surface area contributed by atoms with Crippen molar-refractivity contribution in [1.29, 1.82) is 0 Å². The lowest BCUT2D eigenvalue weighted by molar-refractivity contribution is -0.154. The molecule has 110 valence electrons. The molecule has 0 unspecified atom stereocenters. The van der Waals surface area contributed by atoms with E-state index in [0.29, 0.717) is 11.6 Å². The van der Waals surface area contributed by atoms with Gasteiger partial charge in [0.25, 0.3) is 5.91 Å². The molecule has 1 aliphatic rings. The normalized spacial score (nSPS) is 22.2. The number of rotatable bonds is 4. The molecule has 6 nitrogen and oxygen atoms in total. The Kier molecular flexibility index (Phi) is 3.83. The molecular weight excluding hydrogens is 258 g/mol. The summed E-state index contributed by atoms with van der Waals surface area (Å²) in [4.78, 5) is 23.8. The maximum atomic E-state index is 12.1. The Morgan fingerprint density at radius 1 is 1.45 bits per heavy atom. The van der Waals surface area contributed by atoms with Crippen molar-refractivity contribution in [3.8, 4) is 0 Å². The van der Waals surface area contributed by atoms with Gasteiger partial charge in [0.1, 0.15) is 0 Å². The van der Waals surface area contributed by atoms with E-state index in [4.69, 9.17) is 4.74 Å². The number of carbonyl (C=O) groups is 2. The summed E-state index contributed by atoms with van der Waals surface area (Å²) in [5.41, 5.74) is 2.29. The van der Waals surface area contributed by atoms with Crippen LogP contribution in [0.5, 0.6) is 0 Å². The number of hydrogen-bond acceptors (Lipinski definition) is 4. The number of esters is 1. The largest absolute Gasteiger partial charge is 0.452 e. The number of ether oxygens (including phenoxy) is 1. The Morgan fingerprint density at radius 2 is 2.05 bits per heavy atom. The third-order valence-electron chi connectivity index (χ3n) is 3.83. The number of hydrogen-bond donors (Lipinski definition) is 1.